The molecule has 0 rings (SSSR count). The molecule has 0 heterocycles. The Kier molecular flexibility index (Phi) is 12.2. The van der Waals surface area contributed by atoms with Gasteiger partial charge in [0.2, 0.25) is 0 Å². The maximum atomic E-state index is 9.59. The monoisotopic (exact) mass is 162 g/mol. The summed E-state index contributed by atoms with van der Waals surface area (Å²) in [6, 6.07) is 0. The Labute approximate surface area is 76.3 Å². The van der Waals surface area contributed by atoms with Crippen LogP contribution < -0.4 is 29.6 Å². The van der Waals surface area contributed by atoms with Crippen molar-refractivity contribution in [1.82, 2.24) is 0 Å². The summed E-state index contributed by atoms with van der Waals surface area (Å²) in [5.41, 5.74) is 0. The van der Waals surface area contributed by atoms with E-state index in [1.54, 1.807) is 0 Å². The first-order valence-electron chi connectivity index (χ1n) is 1.65. The van der Waals surface area contributed by atoms with Crippen molar-refractivity contribution >= 4 is 10.1 Å². The van der Waals surface area contributed by atoms with Gasteiger partial charge in [-0.05, 0) is 6.92 Å². The van der Waals surface area contributed by atoms with E-state index in [9.17, 15) is 13.0 Å². The van der Waals surface area contributed by atoms with Gasteiger partial charge in [-0.2, -0.15) is 0 Å². The summed E-state index contributed by atoms with van der Waals surface area (Å²) in [6.45, 7) is 1.47. The molecule has 0 aromatic rings. The van der Waals surface area contributed by atoms with Crippen molar-refractivity contribution in [3.63, 3.8) is 0 Å². The number of hydrogen-bond acceptors (Lipinski definition) is 3. The van der Waals surface area contributed by atoms with E-state index in [1.807, 2.05) is 0 Å². The van der Waals surface area contributed by atoms with Crippen molar-refractivity contribution in [3.8, 4) is 0 Å². The second-order valence-corrected chi connectivity index (χ2v) is 2.22. The van der Waals surface area contributed by atoms with Crippen LogP contribution in [-0.2, 0) is 10.1 Å². The summed E-state index contributed by atoms with van der Waals surface area (Å²) in [5, 5.41) is 0.604. The molecule has 0 aromatic carbocycles. The first kappa shape index (κ1) is 16.3. The van der Waals surface area contributed by atoms with Crippen molar-refractivity contribution < 1.29 is 48.0 Å². The van der Waals surface area contributed by atoms with Gasteiger partial charge < -0.3 is 10.0 Å². The van der Waals surface area contributed by atoms with Gasteiger partial charge in [0.25, 0.3) is 0 Å². The molecule has 0 aliphatic carbocycles. The summed E-state index contributed by atoms with van der Waals surface area (Å²) < 4.78 is 28.8. The Hall–Kier alpha value is 0.610. The zero-order valence-corrected chi connectivity index (χ0v) is 8.10. The third-order valence-electron chi connectivity index (χ3n) is 0.303. The predicted octanol–water partition coefficient (Wildman–Crippen LogP) is -3.76. The molecular formula is C3H7NaO4S. The van der Waals surface area contributed by atoms with Gasteiger partial charge in [-0.25, -0.2) is 8.42 Å². The summed E-state index contributed by atoms with van der Waals surface area (Å²) >= 11 is 0. The van der Waals surface area contributed by atoms with Gasteiger partial charge in [-0.15, -0.1) is 0 Å². The van der Waals surface area contributed by atoms with Crippen molar-refractivity contribution in [3.05, 3.63) is 11.5 Å². The van der Waals surface area contributed by atoms with Crippen molar-refractivity contribution in [2.75, 3.05) is 0 Å². The molecule has 0 aromatic heterocycles. The van der Waals surface area contributed by atoms with E-state index >= 15 is 0 Å². The van der Waals surface area contributed by atoms with E-state index < -0.39 is 10.1 Å². The van der Waals surface area contributed by atoms with Gasteiger partial charge in [0.05, 0.1) is 0 Å². The van der Waals surface area contributed by atoms with Crippen LogP contribution in [0, 0.1) is 0 Å². The molecule has 9 heavy (non-hydrogen) atoms. The average Bonchev–Trinajstić information content (AvgIpc) is 1.30. The topological polar surface area (TPSA) is 88.7 Å². The third-order valence-corrected chi connectivity index (χ3v) is 0.908. The number of hydrogen-bond donors (Lipinski definition) is 0. The second-order valence-electron chi connectivity index (χ2n) is 0.962. The molecule has 0 saturated heterocycles. The van der Waals surface area contributed by atoms with Gasteiger partial charge in [0.15, 0.2) is 0 Å². The molecule has 0 aliphatic heterocycles. The fraction of sp³-hybridized carbons (Fsp3) is 0.333. The Balaban J connectivity index is -0.000000180. The normalized spacial score (nSPS) is 10.0. The molecule has 0 bridgehead atoms. The molecule has 0 unspecified atom stereocenters. The van der Waals surface area contributed by atoms with Crippen LogP contribution in [0.3, 0.4) is 0 Å². The van der Waals surface area contributed by atoms with E-state index in [4.69, 9.17) is 0 Å². The Morgan fingerprint density at radius 2 is 1.78 bits per heavy atom. The van der Waals surface area contributed by atoms with Gasteiger partial charge in [-0.1, -0.05) is 6.08 Å². The van der Waals surface area contributed by atoms with Crippen LogP contribution in [0.4, 0.5) is 0 Å². The van der Waals surface area contributed by atoms with E-state index in [1.165, 1.54) is 13.0 Å². The van der Waals surface area contributed by atoms with E-state index in [2.05, 4.69) is 0 Å². The van der Waals surface area contributed by atoms with Crippen LogP contribution in [0.15, 0.2) is 11.5 Å². The summed E-state index contributed by atoms with van der Waals surface area (Å²) in [6.07, 6.45) is 1.18. The van der Waals surface area contributed by atoms with Crippen LogP contribution in [0.25, 0.3) is 0 Å². The summed E-state index contributed by atoms with van der Waals surface area (Å²) in [4.78, 5) is 0. The Morgan fingerprint density at radius 3 is 1.78 bits per heavy atom. The van der Waals surface area contributed by atoms with Crippen LogP contribution in [0.5, 0.6) is 0 Å². The molecule has 0 amide bonds. The maximum Gasteiger partial charge on any atom is 1.00 e. The quantitative estimate of drug-likeness (QED) is 0.293. The average molecular weight is 162 g/mol. The largest absolute Gasteiger partial charge is 1.00 e. The van der Waals surface area contributed by atoms with Crippen LogP contribution in [-0.4, -0.2) is 18.4 Å². The first-order chi connectivity index (χ1) is 3.06. The second kappa shape index (κ2) is 6.73. The van der Waals surface area contributed by atoms with Gasteiger partial charge >= 0.3 is 29.6 Å². The van der Waals surface area contributed by atoms with E-state index in [0.717, 1.165) is 0 Å². The minimum atomic E-state index is -4.10. The maximum absolute atomic E-state index is 9.59. The standard InChI is InChI=1S/C3H6O3S.Na.H2O/c1-2-3-7(4,5)6;;/h2-3H,1H3,(H,4,5,6);;1H2/q;+1;/p-1. The molecular weight excluding hydrogens is 155 g/mol. The molecule has 0 radical (unpaired) electrons. The first-order valence-corrected chi connectivity index (χ1v) is 3.12. The van der Waals surface area contributed by atoms with E-state index in [-0.39, 0.29) is 35.0 Å². The third kappa shape index (κ3) is 17.7. The number of rotatable bonds is 1. The molecule has 2 N–H and O–H groups in total. The smallest absolute Gasteiger partial charge is 0.744 e. The zero-order chi connectivity index (χ0) is 5.91. The zero-order valence-electron chi connectivity index (χ0n) is 5.29. The minimum Gasteiger partial charge on any atom is -0.744 e. The summed E-state index contributed by atoms with van der Waals surface area (Å²) in [7, 11) is -4.10. The Morgan fingerprint density at radius 1 is 1.44 bits per heavy atom. The fourth-order valence-electron chi connectivity index (χ4n) is 0.167. The molecule has 0 saturated carbocycles. The fourth-order valence-corrected chi connectivity index (χ4v) is 0.500. The van der Waals surface area contributed by atoms with Gasteiger partial charge in [0.1, 0.15) is 10.1 Å². The molecule has 50 valence electrons. The van der Waals surface area contributed by atoms with Gasteiger partial charge in [-0.3, -0.25) is 0 Å². The molecule has 0 fully saturated rings. The minimum absolute atomic E-state index is 0. The van der Waals surface area contributed by atoms with E-state index in [0.29, 0.717) is 5.41 Å². The van der Waals surface area contributed by atoms with Crippen molar-refractivity contribution in [2.45, 2.75) is 6.92 Å². The molecule has 0 spiro atoms. The predicted molar refractivity (Wildman–Crippen MR) is 28.1 cm³/mol. The van der Waals surface area contributed by atoms with Crippen molar-refractivity contribution in [1.29, 1.82) is 0 Å². The molecule has 4 nitrogen and oxygen atoms in total. The van der Waals surface area contributed by atoms with Crippen molar-refractivity contribution in [2.24, 2.45) is 0 Å². The Bertz CT molecular complexity index is 159. The summed E-state index contributed by atoms with van der Waals surface area (Å²) in [5.74, 6) is 0. The van der Waals surface area contributed by atoms with Gasteiger partial charge in [0, 0.05) is 5.41 Å². The van der Waals surface area contributed by atoms with Crippen LogP contribution in [0.1, 0.15) is 6.92 Å². The molecule has 0 atom stereocenters. The molecule has 6 heteroatoms. The molecule has 0 aliphatic rings. The number of allylic oxidation sites excluding steroid dienone is 1. The van der Waals surface area contributed by atoms with Crippen LogP contribution in [0.2, 0.25) is 0 Å². The van der Waals surface area contributed by atoms with Crippen LogP contribution >= 0.6 is 0 Å². The SMILES string of the molecule is CC=CS(=O)(=O)[O-].O.[Na+].